The van der Waals surface area contributed by atoms with Crippen molar-refractivity contribution in [2.75, 3.05) is 6.54 Å². The molecule has 2 atom stereocenters. The van der Waals surface area contributed by atoms with Gasteiger partial charge in [0.2, 0.25) is 0 Å². The summed E-state index contributed by atoms with van der Waals surface area (Å²) in [6.07, 6.45) is 0.272. The molecule has 2 rings (SSSR count). The second-order valence-corrected chi connectivity index (χ2v) is 7.00. The summed E-state index contributed by atoms with van der Waals surface area (Å²) in [5, 5.41) is 10.8. The first-order valence-electron chi connectivity index (χ1n) is 6.92. The first-order valence-corrected chi connectivity index (χ1v) is 8.69. The van der Waals surface area contributed by atoms with E-state index < -0.39 is 11.0 Å². The predicted octanol–water partition coefficient (Wildman–Crippen LogP) is 3.42. The Labute approximate surface area is 152 Å². The van der Waals surface area contributed by atoms with Crippen LogP contribution in [-0.4, -0.2) is 37.6 Å². The van der Waals surface area contributed by atoms with Crippen LogP contribution in [0.3, 0.4) is 0 Å². The lowest BCUT2D eigenvalue weighted by Crippen LogP contribution is -2.33. The Bertz CT molecular complexity index is 623. The lowest BCUT2D eigenvalue weighted by atomic mass is 10.2. The molecule has 1 saturated heterocycles. The molecule has 1 aromatic rings. The van der Waals surface area contributed by atoms with Crippen LogP contribution in [0.15, 0.2) is 29.3 Å². The number of non-ortho nitro benzene ring substituents is 1. The summed E-state index contributed by atoms with van der Waals surface area (Å²) in [7, 11) is 0. The third kappa shape index (κ3) is 4.80. The van der Waals surface area contributed by atoms with Crippen molar-refractivity contribution in [1.82, 2.24) is 4.90 Å². The van der Waals surface area contributed by atoms with Gasteiger partial charge in [-0.2, -0.15) is 17.6 Å². The van der Waals surface area contributed by atoms with Crippen LogP contribution in [0.4, 0.5) is 10.5 Å². The Morgan fingerprint density at radius 1 is 1.52 bits per heavy atom. The number of hydrogen-bond donors (Lipinski definition) is 1. The van der Waals surface area contributed by atoms with Crippen molar-refractivity contribution < 1.29 is 14.5 Å². The number of carbonyl (C=O) groups is 1. The summed E-state index contributed by atoms with van der Waals surface area (Å²) in [5.41, 5.74) is 0.664. The fraction of sp³-hybridized carbons (Fsp3) is 0.429. The third-order valence-electron chi connectivity index (χ3n) is 3.46. The molecule has 7 nitrogen and oxygen atoms in total. The second kappa shape index (κ2) is 7.95. The standard InChI is InChI=1S/C14H16IN3O4S/c1-9(17-7-6-12(23)13(17)15)16-14(19)22-8-10-2-4-11(5-3-10)18(20)21/h2-5,12-13,23H,6-8H2,1H3. The van der Waals surface area contributed by atoms with E-state index >= 15 is 0 Å². The van der Waals surface area contributed by atoms with E-state index in [1.54, 1.807) is 19.1 Å². The van der Waals surface area contributed by atoms with E-state index in [-0.39, 0.29) is 21.6 Å². The Balaban J connectivity index is 1.89. The second-order valence-electron chi connectivity index (χ2n) is 5.06. The summed E-state index contributed by atoms with van der Waals surface area (Å²) < 4.78 is 5.27. The molecule has 0 N–H and O–H groups in total. The number of amides is 1. The number of benzene rings is 1. The molecule has 2 unspecified atom stereocenters. The monoisotopic (exact) mass is 449 g/mol. The number of hydrogen-bond acceptors (Lipinski definition) is 5. The quantitative estimate of drug-likeness (QED) is 0.112. The van der Waals surface area contributed by atoms with Gasteiger partial charge in [0.1, 0.15) is 12.4 Å². The molecular formula is C14H16IN3O4S. The van der Waals surface area contributed by atoms with Crippen LogP contribution in [0, 0.1) is 10.1 Å². The van der Waals surface area contributed by atoms with E-state index in [0.29, 0.717) is 11.4 Å². The number of thiol groups is 1. The Kier molecular flexibility index (Phi) is 6.22. The van der Waals surface area contributed by atoms with E-state index in [2.05, 4.69) is 40.2 Å². The largest absolute Gasteiger partial charge is 0.443 e. The van der Waals surface area contributed by atoms with Crippen molar-refractivity contribution in [1.29, 1.82) is 0 Å². The number of nitro groups is 1. The summed E-state index contributed by atoms with van der Waals surface area (Å²) in [5.74, 6) is 0.606. The SMILES string of the molecule is CC(=NC(=O)OCc1ccc([N+](=O)[O-])cc1)N1CCC(S)C1I. The molecule has 124 valence electrons. The van der Waals surface area contributed by atoms with Gasteiger partial charge in [0.15, 0.2) is 0 Å². The summed E-state index contributed by atoms with van der Waals surface area (Å²) >= 11 is 6.76. The van der Waals surface area contributed by atoms with Crippen molar-refractivity contribution in [3.8, 4) is 0 Å². The molecule has 0 radical (unpaired) electrons. The predicted molar refractivity (Wildman–Crippen MR) is 98.3 cm³/mol. The number of alkyl halides is 1. The normalized spacial score (nSPS) is 21.3. The summed E-state index contributed by atoms with van der Waals surface area (Å²) in [6.45, 7) is 2.60. The fourth-order valence-electron chi connectivity index (χ4n) is 2.17. The molecule has 1 heterocycles. The van der Waals surface area contributed by atoms with Gasteiger partial charge in [-0.15, -0.1) is 0 Å². The maximum atomic E-state index is 11.8. The van der Waals surface area contributed by atoms with Crippen LogP contribution >= 0.6 is 35.2 Å². The molecule has 0 spiro atoms. The molecule has 0 aliphatic carbocycles. The minimum Gasteiger partial charge on any atom is -0.443 e. The highest BCUT2D eigenvalue weighted by Crippen LogP contribution is 2.27. The molecule has 23 heavy (non-hydrogen) atoms. The maximum absolute atomic E-state index is 11.8. The van der Waals surface area contributed by atoms with Crippen molar-refractivity contribution in [3.05, 3.63) is 39.9 Å². The highest BCUT2D eigenvalue weighted by atomic mass is 127. The van der Waals surface area contributed by atoms with Gasteiger partial charge < -0.3 is 9.64 Å². The minimum absolute atomic E-state index is 0.00243. The minimum atomic E-state index is -0.674. The van der Waals surface area contributed by atoms with Gasteiger partial charge in [-0.05, 0) is 31.0 Å². The first-order chi connectivity index (χ1) is 10.9. The van der Waals surface area contributed by atoms with Crippen LogP contribution in [0.25, 0.3) is 0 Å². The summed E-state index contributed by atoms with van der Waals surface area (Å²) in [6, 6.07) is 5.84. The Morgan fingerprint density at radius 3 is 2.70 bits per heavy atom. The fourth-order valence-corrected chi connectivity index (χ4v) is 3.49. The molecule has 1 amide bonds. The average molecular weight is 449 g/mol. The molecule has 9 heteroatoms. The number of halogens is 1. The van der Waals surface area contributed by atoms with E-state index in [4.69, 9.17) is 4.74 Å². The van der Waals surface area contributed by atoms with Gasteiger partial charge in [-0.3, -0.25) is 10.1 Å². The molecule has 1 aliphatic rings. The van der Waals surface area contributed by atoms with Gasteiger partial charge in [0, 0.05) is 23.9 Å². The van der Waals surface area contributed by atoms with Crippen molar-refractivity contribution >= 4 is 52.8 Å². The molecule has 1 aromatic carbocycles. The zero-order valence-electron chi connectivity index (χ0n) is 12.4. The lowest BCUT2D eigenvalue weighted by molar-refractivity contribution is -0.384. The van der Waals surface area contributed by atoms with E-state index in [0.717, 1.165) is 13.0 Å². The van der Waals surface area contributed by atoms with Crippen LogP contribution in [0.2, 0.25) is 0 Å². The van der Waals surface area contributed by atoms with Gasteiger partial charge in [0.05, 0.1) is 8.97 Å². The van der Waals surface area contributed by atoms with Gasteiger partial charge in [-0.25, -0.2) is 4.79 Å². The number of aliphatic imine (C=N–C) groups is 1. The highest BCUT2D eigenvalue weighted by Gasteiger charge is 2.30. The topological polar surface area (TPSA) is 85.0 Å². The van der Waals surface area contributed by atoms with Gasteiger partial charge in [-0.1, -0.05) is 22.6 Å². The van der Waals surface area contributed by atoms with Crippen LogP contribution in [-0.2, 0) is 11.3 Å². The lowest BCUT2D eigenvalue weighted by Gasteiger charge is -2.22. The molecule has 1 aliphatic heterocycles. The van der Waals surface area contributed by atoms with Gasteiger partial charge in [0.25, 0.3) is 5.69 Å². The molecule has 1 fully saturated rings. The maximum Gasteiger partial charge on any atom is 0.435 e. The Hall–Kier alpha value is -1.36. The molecular weight excluding hydrogens is 433 g/mol. The molecule has 0 bridgehead atoms. The number of carbonyl (C=O) groups excluding carboxylic acids is 1. The number of nitro benzene ring substituents is 1. The number of ether oxygens (including phenoxy) is 1. The molecule has 0 aromatic heterocycles. The van der Waals surface area contributed by atoms with Crippen LogP contribution < -0.4 is 0 Å². The Morgan fingerprint density at radius 2 is 2.17 bits per heavy atom. The zero-order chi connectivity index (χ0) is 17.0. The average Bonchev–Trinajstić information content (AvgIpc) is 2.85. The third-order valence-corrected chi connectivity index (χ3v) is 6.11. The van der Waals surface area contributed by atoms with Crippen molar-refractivity contribution in [2.45, 2.75) is 29.2 Å². The van der Waals surface area contributed by atoms with E-state index in [1.807, 2.05) is 4.90 Å². The van der Waals surface area contributed by atoms with Crippen LogP contribution in [0.5, 0.6) is 0 Å². The van der Waals surface area contributed by atoms with Crippen LogP contribution in [0.1, 0.15) is 18.9 Å². The van der Waals surface area contributed by atoms with Gasteiger partial charge >= 0.3 is 6.09 Å². The highest BCUT2D eigenvalue weighted by molar-refractivity contribution is 14.1. The number of rotatable bonds is 3. The van der Waals surface area contributed by atoms with Crippen molar-refractivity contribution in [2.24, 2.45) is 4.99 Å². The summed E-state index contributed by atoms with van der Waals surface area (Å²) in [4.78, 5) is 27.8. The van der Waals surface area contributed by atoms with Crippen molar-refractivity contribution in [3.63, 3.8) is 0 Å². The first kappa shape index (κ1) is 18.0. The smallest absolute Gasteiger partial charge is 0.435 e. The zero-order valence-corrected chi connectivity index (χ0v) is 15.4. The number of likely N-dealkylation sites (tertiary alicyclic amines) is 1. The molecule has 0 saturated carbocycles. The van der Waals surface area contributed by atoms with E-state index in [1.165, 1.54) is 12.1 Å². The number of nitrogens with zero attached hydrogens (tertiary/aromatic N) is 3. The van der Waals surface area contributed by atoms with E-state index in [9.17, 15) is 14.9 Å². The number of amidine groups is 1.